The summed E-state index contributed by atoms with van der Waals surface area (Å²) in [6.07, 6.45) is 0. The van der Waals surface area contributed by atoms with Gasteiger partial charge in [0.1, 0.15) is 6.54 Å². The SMILES string of the molecule is CCOc1ccc(C[NH+](C)CC(=O)Nc2ccc(F)c(F)c2F)cc1OC. The third-order valence-electron chi connectivity index (χ3n) is 3.81. The number of benzene rings is 2. The highest BCUT2D eigenvalue weighted by atomic mass is 19.2. The maximum Gasteiger partial charge on any atom is 0.279 e. The van der Waals surface area contributed by atoms with Gasteiger partial charge in [0.2, 0.25) is 0 Å². The van der Waals surface area contributed by atoms with Gasteiger partial charge in [-0.1, -0.05) is 0 Å². The fourth-order valence-corrected chi connectivity index (χ4v) is 2.60. The number of ether oxygens (including phenoxy) is 2. The molecule has 0 spiro atoms. The van der Waals surface area contributed by atoms with Gasteiger partial charge in [0.05, 0.1) is 26.5 Å². The quantitative estimate of drug-likeness (QED) is 0.687. The van der Waals surface area contributed by atoms with Crippen molar-refractivity contribution >= 4 is 11.6 Å². The van der Waals surface area contributed by atoms with E-state index in [1.807, 2.05) is 19.1 Å². The number of likely N-dealkylation sites (N-methyl/N-ethyl adjacent to an activating group) is 1. The number of carbonyl (C=O) groups excluding carboxylic acids is 1. The highest BCUT2D eigenvalue weighted by molar-refractivity contribution is 5.91. The molecule has 0 bridgehead atoms. The molecular weight excluding hydrogens is 361 g/mol. The summed E-state index contributed by atoms with van der Waals surface area (Å²) in [6, 6.07) is 7.22. The Bertz CT molecular complexity index is 815. The number of anilines is 1. The molecule has 1 unspecified atom stereocenters. The summed E-state index contributed by atoms with van der Waals surface area (Å²) in [5.41, 5.74) is 0.522. The number of methoxy groups -OCH3 is 1. The van der Waals surface area contributed by atoms with Crippen molar-refractivity contribution in [2.75, 3.05) is 32.6 Å². The fourth-order valence-electron chi connectivity index (χ4n) is 2.60. The summed E-state index contributed by atoms with van der Waals surface area (Å²) in [4.78, 5) is 12.9. The molecule has 0 aliphatic rings. The molecule has 1 amide bonds. The van der Waals surface area contributed by atoms with Crippen molar-refractivity contribution in [3.63, 3.8) is 0 Å². The first-order chi connectivity index (χ1) is 12.8. The average molecular weight is 383 g/mol. The van der Waals surface area contributed by atoms with Crippen LogP contribution in [-0.4, -0.2) is 33.2 Å². The van der Waals surface area contributed by atoms with Crippen molar-refractivity contribution < 1.29 is 32.3 Å². The number of rotatable bonds is 8. The Hall–Kier alpha value is -2.74. The van der Waals surface area contributed by atoms with Gasteiger partial charge in [0, 0.05) is 5.56 Å². The number of quaternary nitrogens is 1. The Morgan fingerprint density at radius 2 is 1.85 bits per heavy atom. The minimum Gasteiger partial charge on any atom is -0.493 e. The van der Waals surface area contributed by atoms with Crippen molar-refractivity contribution in [2.45, 2.75) is 13.5 Å². The highest BCUT2D eigenvalue weighted by Crippen LogP contribution is 2.27. The molecule has 0 heterocycles. The lowest BCUT2D eigenvalue weighted by Gasteiger charge is -2.16. The van der Waals surface area contributed by atoms with E-state index in [1.54, 1.807) is 20.2 Å². The van der Waals surface area contributed by atoms with Gasteiger partial charge < -0.3 is 19.7 Å². The zero-order chi connectivity index (χ0) is 20.0. The summed E-state index contributed by atoms with van der Waals surface area (Å²) in [6.45, 7) is 2.89. The van der Waals surface area contributed by atoms with E-state index in [4.69, 9.17) is 9.47 Å². The summed E-state index contributed by atoms with van der Waals surface area (Å²) in [5, 5.41) is 2.26. The molecule has 146 valence electrons. The third-order valence-corrected chi connectivity index (χ3v) is 3.81. The van der Waals surface area contributed by atoms with Gasteiger partial charge >= 0.3 is 0 Å². The molecule has 0 saturated heterocycles. The Labute approximate surface area is 155 Å². The lowest BCUT2D eigenvalue weighted by atomic mass is 10.2. The van der Waals surface area contributed by atoms with E-state index in [-0.39, 0.29) is 6.54 Å². The van der Waals surface area contributed by atoms with Crippen LogP contribution in [0.15, 0.2) is 30.3 Å². The zero-order valence-electron chi connectivity index (χ0n) is 15.4. The predicted octanol–water partition coefficient (Wildman–Crippen LogP) is 2.16. The van der Waals surface area contributed by atoms with Crippen LogP contribution >= 0.6 is 0 Å². The van der Waals surface area contributed by atoms with Crippen LogP contribution in [0.4, 0.5) is 18.9 Å². The molecular formula is C19H22F3N2O3+. The van der Waals surface area contributed by atoms with Gasteiger partial charge in [-0.3, -0.25) is 4.79 Å². The van der Waals surface area contributed by atoms with Crippen LogP contribution < -0.4 is 19.7 Å². The van der Waals surface area contributed by atoms with E-state index < -0.39 is 29.0 Å². The van der Waals surface area contributed by atoms with Crippen molar-refractivity contribution in [3.05, 3.63) is 53.3 Å². The molecule has 2 N–H and O–H groups in total. The van der Waals surface area contributed by atoms with Gasteiger partial charge in [-0.2, -0.15) is 0 Å². The standard InChI is InChI=1S/C19H21F3N2O3/c1-4-27-15-8-5-12(9-16(15)26-3)10-24(2)11-17(25)23-14-7-6-13(20)18(21)19(14)22/h5-9H,4,10-11H2,1-3H3,(H,23,25)/p+1. The fraction of sp³-hybridized carbons (Fsp3) is 0.316. The summed E-state index contributed by atoms with van der Waals surface area (Å²) < 4.78 is 50.5. The number of hydrogen-bond acceptors (Lipinski definition) is 3. The summed E-state index contributed by atoms with van der Waals surface area (Å²) in [7, 11) is 3.33. The molecule has 5 nitrogen and oxygen atoms in total. The Morgan fingerprint density at radius 3 is 2.52 bits per heavy atom. The molecule has 8 heteroatoms. The monoisotopic (exact) mass is 383 g/mol. The van der Waals surface area contributed by atoms with Crippen LogP contribution in [0.3, 0.4) is 0 Å². The first-order valence-electron chi connectivity index (χ1n) is 8.40. The Morgan fingerprint density at radius 1 is 1.11 bits per heavy atom. The second kappa shape index (κ2) is 9.27. The number of amides is 1. The number of hydrogen-bond donors (Lipinski definition) is 2. The Kier molecular flexibility index (Phi) is 7.06. The maximum atomic E-state index is 13.6. The molecule has 2 aromatic carbocycles. The lowest BCUT2D eigenvalue weighted by molar-refractivity contribution is -0.885. The van der Waals surface area contributed by atoms with Crippen molar-refractivity contribution in [2.24, 2.45) is 0 Å². The molecule has 0 saturated carbocycles. The number of nitrogens with one attached hydrogen (secondary N) is 2. The molecule has 0 aromatic heterocycles. The van der Waals surface area contributed by atoms with Crippen molar-refractivity contribution in [3.8, 4) is 11.5 Å². The van der Waals surface area contributed by atoms with E-state index in [9.17, 15) is 18.0 Å². The van der Waals surface area contributed by atoms with Crippen LogP contribution in [0, 0.1) is 17.5 Å². The molecule has 1 atom stereocenters. The average Bonchev–Trinajstić information content (AvgIpc) is 2.63. The number of halogens is 3. The van der Waals surface area contributed by atoms with Gasteiger partial charge in [0.25, 0.3) is 5.91 Å². The topological polar surface area (TPSA) is 52.0 Å². The number of carbonyl (C=O) groups is 1. The van der Waals surface area contributed by atoms with E-state index >= 15 is 0 Å². The zero-order valence-corrected chi connectivity index (χ0v) is 15.4. The molecule has 0 aliphatic carbocycles. The normalized spacial score (nSPS) is 11.8. The molecule has 0 fully saturated rings. The van der Waals surface area contributed by atoms with Crippen LogP contribution in [0.25, 0.3) is 0 Å². The van der Waals surface area contributed by atoms with Gasteiger partial charge in [-0.15, -0.1) is 0 Å². The predicted molar refractivity (Wildman–Crippen MR) is 94.6 cm³/mol. The first kappa shape index (κ1) is 20.6. The largest absolute Gasteiger partial charge is 0.493 e. The Balaban J connectivity index is 1.98. The third kappa shape index (κ3) is 5.37. The van der Waals surface area contributed by atoms with Crippen LogP contribution in [0.1, 0.15) is 12.5 Å². The van der Waals surface area contributed by atoms with Crippen molar-refractivity contribution in [1.82, 2.24) is 0 Å². The van der Waals surface area contributed by atoms with Gasteiger partial charge in [-0.25, -0.2) is 13.2 Å². The van der Waals surface area contributed by atoms with E-state index in [1.165, 1.54) is 0 Å². The second-order valence-corrected chi connectivity index (χ2v) is 6.00. The van der Waals surface area contributed by atoms with Gasteiger partial charge in [0.15, 0.2) is 35.5 Å². The summed E-state index contributed by atoms with van der Waals surface area (Å²) >= 11 is 0. The molecule has 0 aliphatic heterocycles. The van der Waals surface area contributed by atoms with Crippen LogP contribution in [0.5, 0.6) is 11.5 Å². The first-order valence-corrected chi connectivity index (χ1v) is 8.40. The van der Waals surface area contributed by atoms with Crippen LogP contribution in [-0.2, 0) is 11.3 Å². The van der Waals surface area contributed by atoms with Gasteiger partial charge in [-0.05, 0) is 37.3 Å². The molecule has 2 aromatic rings. The molecule has 0 radical (unpaired) electrons. The van der Waals surface area contributed by atoms with E-state index in [0.29, 0.717) is 24.7 Å². The molecule has 27 heavy (non-hydrogen) atoms. The van der Waals surface area contributed by atoms with Crippen LogP contribution in [0.2, 0.25) is 0 Å². The van der Waals surface area contributed by atoms with E-state index in [0.717, 1.165) is 22.6 Å². The van der Waals surface area contributed by atoms with Crippen molar-refractivity contribution in [1.29, 1.82) is 0 Å². The minimum absolute atomic E-state index is 0.00790. The highest BCUT2D eigenvalue weighted by Gasteiger charge is 2.17. The smallest absolute Gasteiger partial charge is 0.279 e. The second-order valence-electron chi connectivity index (χ2n) is 6.00. The maximum absolute atomic E-state index is 13.6. The minimum atomic E-state index is -1.62. The molecule has 2 rings (SSSR count). The lowest BCUT2D eigenvalue weighted by Crippen LogP contribution is -3.08. The summed E-state index contributed by atoms with van der Waals surface area (Å²) in [5.74, 6) is -3.64. The van der Waals surface area contributed by atoms with E-state index in [2.05, 4.69) is 5.32 Å².